The number of para-hydroxylation sites is 3. The molecular formula is C26H24N4OS. The summed E-state index contributed by atoms with van der Waals surface area (Å²) in [5.41, 5.74) is 5.97. The number of nitrogens with zero attached hydrogens (tertiary/aromatic N) is 3. The smallest absolute Gasteiger partial charge is 0.233 e. The molecular weight excluding hydrogens is 416 g/mol. The minimum Gasteiger partial charge on any atom is -0.351 e. The van der Waals surface area contributed by atoms with Gasteiger partial charge in [0, 0.05) is 11.9 Å². The predicted octanol–water partition coefficient (Wildman–Crippen LogP) is 5.53. The Bertz CT molecular complexity index is 1430. The third kappa shape index (κ3) is 3.82. The largest absolute Gasteiger partial charge is 0.351 e. The number of hydrogen-bond acceptors (Lipinski definition) is 4. The van der Waals surface area contributed by atoms with Gasteiger partial charge in [-0.1, -0.05) is 72.8 Å². The lowest BCUT2D eigenvalue weighted by atomic mass is 10.1. The minimum atomic E-state index is -0.251. The van der Waals surface area contributed by atoms with E-state index < -0.39 is 0 Å². The van der Waals surface area contributed by atoms with E-state index in [4.69, 9.17) is 9.97 Å². The second-order valence-corrected chi connectivity index (χ2v) is 9.06. The molecule has 32 heavy (non-hydrogen) atoms. The number of fused-ring (bicyclic) bond motifs is 5. The number of nitrogens with one attached hydrogen (secondary N) is 1. The first-order valence-electron chi connectivity index (χ1n) is 10.8. The maximum Gasteiger partial charge on any atom is 0.233 e. The summed E-state index contributed by atoms with van der Waals surface area (Å²) in [6.45, 7) is 4.61. The number of thioether (sulfide) groups is 1. The molecule has 0 fully saturated rings. The molecule has 1 N–H and O–H groups in total. The number of amides is 1. The SMILES string of the molecule is CCC(Sc1nc2ccccc2c2nc3ccccc3n12)C(=O)NCc1ccc(C)cc1. The highest BCUT2D eigenvalue weighted by molar-refractivity contribution is 8.00. The summed E-state index contributed by atoms with van der Waals surface area (Å²) in [6, 6.07) is 24.3. The standard InChI is InChI=1S/C26H24N4OS/c1-3-23(25(31)27-16-18-14-12-17(2)13-15-18)32-26-29-20-9-5-4-8-19(20)24-28-21-10-6-7-11-22(21)30(24)26/h4-15,23H,3,16H2,1-2H3,(H,27,31). The second kappa shape index (κ2) is 8.63. The molecule has 0 aliphatic rings. The van der Waals surface area contributed by atoms with E-state index in [0.717, 1.165) is 38.3 Å². The Hall–Kier alpha value is -3.38. The van der Waals surface area contributed by atoms with E-state index in [1.807, 2.05) is 55.5 Å². The average molecular weight is 441 g/mol. The van der Waals surface area contributed by atoms with E-state index in [2.05, 4.69) is 40.9 Å². The Kier molecular flexibility index (Phi) is 5.53. The highest BCUT2D eigenvalue weighted by atomic mass is 32.2. The van der Waals surface area contributed by atoms with Crippen molar-refractivity contribution in [2.45, 2.75) is 37.2 Å². The number of aryl methyl sites for hydroxylation is 1. The number of aromatic nitrogens is 3. The third-order valence-corrected chi connectivity index (χ3v) is 6.93. The van der Waals surface area contributed by atoms with E-state index in [-0.39, 0.29) is 11.2 Å². The molecule has 2 aromatic heterocycles. The van der Waals surface area contributed by atoms with Crippen LogP contribution >= 0.6 is 11.8 Å². The lowest BCUT2D eigenvalue weighted by Crippen LogP contribution is -2.32. The quantitative estimate of drug-likeness (QED) is 0.279. The first kappa shape index (κ1) is 20.5. The zero-order valence-electron chi connectivity index (χ0n) is 18.1. The molecule has 0 aliphatic heterocycles. The number of benzene rings is 3. The number of rotatable bonds is 6. The van der Waals surface area contributed by atoms with Crippen molar-refractivity contribution >= 4 is 45.3 Å². The fourth-order valence-electron chi connectivity index (χ4n) is 3.85. The van der Waals surface area contributed by atoms with Crippen molar-refractivity contribution in [3.8, 4) is 0 Å². The maximum absolute atomic E-state index is 13.0. The minimum absolute atomic E-state index is 0.0191. The first-order chi connectivity index (χ1) is 15.6. The molecule has 0 saturated heterocycles. The third-order valence-electron chi connectivity index (χ3n) is 5.61. The van der Waals surface area contributed by atoms with E-state index in [0.29, 0.717) is 13.0 Å². The van der Waals surface area contributed by atoms with E-state index in [1.54, 1.807) is 0 Å². The molecule has 1 unspecified atom stereocenters. The van der Waals surface area contributed by atoms with Crippen molar-refractivity contribution in [3.05, 3.63) is 83.9 Å². The number of imidazole rings is 1. The molecule has 160 valence electrons. The van der Waals surface area contributed by atoms with Gasteiger partial charge in [-0.15, -0.1) is 0 Å². The Balaban J connectivity index is 1.49. The summed E-state index contributed by atoms with van der Waals surface area (Å²) in [5.74, 6) is 0.0191. The van der Waals surface area contributed by atoms with Gasteiger partial charge in [-0.05, 0) is 43.2 Å². The topological polar surface area (TPSA) is 59.3 Å². The molecule has 0 radical (unpaired) electrons. The number of carbonyl (C=O) groups excluding carboxylic acids is 1. The molecule has 5 aromatic rings. The van der Waals surface area contributed by atoms with Gasteiger partial charge in [-0.25, -0.2) is 9.97 Å². The number of hydrogen-bond donors (Lipinski definition) is 1. The zero-order valence-corrected chi connectivity index (χ0v) is 18.9. The molecule has 2 heterocycles. The van der Waals surface area contributed by atoms with Crippen molar-refractivity contribution < 1.29 is 4.79 Å². The van der Waals surface area contributed by atoms with Gasteiger partial charge in [0.1, 0.15) is 5.65 Å². The van der Waals surface area contributed by atoms with Crippen LogP contribution in [0.4, 0.5) is 0 Å². The molecule has 0 spiro atoms. The van der Waals surface area contributed by atoms with Crippen LogP contribution in [0.15, 0.2) is 78.0 Å². The van der Waals surface area contributed by atoms with Crippen molar-refractivity contribution in [1.82, 2.24) is 19.7 Å². The number of carbonyl (C=O) groups is 1. The summed E-state index contributed by atoms with van der Waals surface area (Å²) in [6.07, 6.45) is 0.701. The Morgan fingerprint density at radius 3 is 2.47 bits per heavy atom. The Morgan fingerprint density at radius 1 is 0.969 bits per heavy atom. The molecule has 0 bridgehead atoms. The molecule has 1 amide bonds. The van der Waals surface area contributed by atoms with Crippen LogP contribution in [0.1, 0.15) is 24.5 Å². The first-order valence-corrected chi connectivity index (χ1v) is 11.7. The fraction of sp³-hybridized carbons (Fsp3) is 0.192. The molecule has 5 nitrogen and oxygen atoms in total. The highest BCUT2D eigenvalue weighted by Crippen LogP contribution is 2.31. The highest BCUT2D eigenvalue weighted by Gasteiger charge is 2.22. The molecule has 5 rings (SSSR count). The molecule has 1 atom stereocenters. The molecule has 6 heteroatoms. The van der Waals surface area contributed by atoms with Crippen LogP contribution in [0.3, 0.4) is 0 Å². The average Bonchev–Trinajstić information content (AvgIpc) is 3.22. The van der Waals surface area contributed by atoms with Crippen LogP contribution in [-0.4, -0.2) is 25.5 Å². The monoisotopic (exact) mass is 440 g/mol. The van der Waals surface area contributed by atoms with Crippen LogP contribution in [0.5, 0.6) is 0 Å². The molecule has 3 aromatic carbocycles. The zero-order chi connectivity index (χ0) is 22.1. The normalized spacial score (nSPS) is 12.4. The second-order valence-electron chi connectivity index (χ2n) is 7.89. The predicted molar refractivity (Wildman–Crippen MR) is 131 cm³/mol. The molecule has 0 aliphatic carbocycles. The van der Waals surface area contributed by atoms with E-state index >= 15 is 0 Å². The Morgan fingerprint density at radius 2 is 1.69 bits per heavy atom. The van der Waals surface area contributed by atoms with Gasteiger partial charge in [-0.2, -0.15) is 0 Å². The van der Waals surface area contributed by atoms with Crippen LogP contribution < -0.4 is 5.32 Å². The van der Waals surface area contributed by atoms with Gasteiger partial charge in [0.15, 0.2) is 5.16 Å². The van der Waals surface area contributed by atoms with Gasteiger partial charge >= 0.3 is 0 Å². The maximum atomic E-state index is 13.0. The molecule has 0 saturated carbocycles. The fourth-order valence-corrected chi connectivity index (χ4v) is 4.90. The van der Waals surface area contributed by atoms with Crippen molar-refractivity contribution in [3.63, 3.8) is 0 Å². The van der Waals surface area contributed by atoms with Crippen LogP contribution in [0.25, 0.3) is 27.6 Å². The summed E-state index contributed by atoms with van der Waals surface area (Å²) < 4.78 is 2.08. The summed E-state index contributed by atoms with van der Waals surface area (Å²) in [5, 5.41) is 4.63. The van der Waals surface area contributed by atoms with Crippen LogP contribution in [0.2, 0.25) is 0 Å². The van der Waals surface area contributed by atoms with Gasteiger partial charge in [0.05, 0.1) is 21.8 Å². The van der Waals surface area contributed by atoms with Crippen LogP contribution in [-0.2, 0) is 11.3 Å². The van der Waals surface area contributed by atoms with Crippen LogP contribution in [0, 0.1) is 6.92 Å². The van der Waals surface area contributed by atoms with Crippen molar-refractivity contribution in [2.75, 3.05) is 0 Å². The summed E-state index contributed by atoms with van der Waals surface area (Å²) >= 11 is 1.50. The van der Waals surface area contributed by atoms with Gasteiger partial charge in [0.2, 0.25) is 5.91 Å². The van der Waals surface area contributed by atoms with Gasteiger partial charge in [0.25, 0.3) is 0 Å². The van der Waals surface area contributed by atoms with E-state index in [9.17, 15) is 4.79 Å². The lowest BCUT2D eigenvalue weighted by molar-refractivity contribution is -0.120. The summed E-state index contributed by atoms with van der Waals surface area (Å²) in [4.78, 5) is 22.8. The Labute approximate surface area is 190 Å². The van der Waals surface area contributed by atoms with Gasteiger partial charge in [-0.3, -0.25) is 9.20 Å². The van der Waals surface area contributed by atoms with E-state index in [1.165, 1.54) is 17.3 Å². The van der Waals surface area contributed by atoms with Gasteiger partial charge < -0.3 is 5.32 Å². The van der Waals surface area contributed by atoms with Crippen molar-refractivity contribution in [1.29, 1.82) is 0 Å². The lowest BCUT2D eigenvalue weighted by Gasteiger charge is -2.16. The summed E-state index contributed by atoms with van der Waals surface area (Å²) in [7, 11) is 0. The van der Waals surface area contributed by atoms with Crippen molar-refractivity contribution in [2.24, 2.45) is 0 Å².